The summed E-state index contributed by atoms with van der Waals surface area (Å²) in [7, 11) is 0. The summed E-state index contributed by atoms with van der Waals surface area (Å²) >= 11 is 0. The number of hydrogen-bond donors (Lipinski definition) is 1. The maximum atomic E-state index is 9.96. The number of likely N-dealkylation sites (tertiary alicyclic amines) is 1. The summed E-state index contributed by atoms with van der Waals surface area (Å²) in [6, 6.07) is 13.4. The third-order valence-corrected chi connectivity index (χ3v) is 5.01. The molecule has 3 unspecified atom stereocenters. The normalized spacial score (nSPS) is 29.0. The lowest BCUT2D eigenvalue weighted by molar-refractivity contribution is 0.240. The van der Waals surface area contributed by atoms with Crippen LogP contribution < -0.4 is 5.32 Å². The molecule has 0 aromatic heterocycles. The van der Waals surface area contributed by atoms with Crippen molar-refractivity contribution in [2.75, 3.05) is 19.6 Å². The van der Waals surface area contributed by atoms with Crippen LogP contribution >= 0.6 is 0 Å². The fourth-order valence-electron chi connectivity index (χ4n) is 3.36. The number of hydrogen-bond acceptors (Lipinski definition) is 3. The SMILES string of the molecule is CC1CN(CC(C#N)(NC2CC2)c2ccccc2)CC1C. The van der Waals surface area contributed by atoms with Gasteiger partial charge in [0.15, 0.2) is 0 Å². The molecule has 1 N–H and O–H groups in total. The van der Waals surface area contributed by atoms with E-state index in [1.165, 1.54) is 12.8 Å². The summed E-state index contributed by atoms with van der Waals surface area (Å²) in [5.41, 5.74) is 0.540. The Morgan fingerprint density at radius 1 is 1.19 bits per heavy atom. The Kier molecular flexibility index (Phi) is 4.01. The summed E-state index contributed by atoms with van der Waals surface area (Å²) in [5, 5.41) is 13.6. The summed E-state index contributed by atoms with van der Waals surface area (Å²) in [6.45, 7) is 7.62. The quantitative estimate of drug-likeness (QED) is 0.903. The van der Waals surface area contributed by atoms with Crippen LogP contribution in [0.15, 0.2) is 30.3 Å². The second kappa shape index (κ2) is 5.79. The molecule has 1 saturated heterocycles. The highest BCUT2D eigenvalue weighted by molar-refractivity contribution is 5.33. The van der Waals surface area contributed by atoms with Gasteiger partial charge in [0.1, 0.15) is 5.54 Å². The molecule has 21 heavy (non-hydrogen) atoms. The van der Waals surface area contributed by atoms with E-state index in [4.69, 9.17) is 0 Å². The average molecular weight is 283 g/mol. The van der Waals surface area contributed by atoms with Crippen molar-refractivity contribution in [3.63, 3.8) is 0 Å². The van der Waals surface area contributed by atoms with Crippen LogP contribution in [0.25, 0.3) is 0 Å². The van der Waals surface area contributed by atoms with E-state index in [1.807, 2.05) is 18.2 Å². The van der Waals surface area contributed by atoms with Gasteiger partial charge >= 0.3 is 0 Å². The van der Waals surface area contributed by atoms with Gasteiger partial charge in [-0.2, -0.15) is 5.26 Å². The maximum Gasteiger partial charge on any atom is 0.145 e. The zero-order valence-corrected chi connectivity index (χ0v) is 13.0. The average Bonchev–Trinajstić information content (AvgIpc) is 3.25. The van der Waals surface area contributed by atoms with E-state index in [0.29, 0.717) is 6.04 Å². The summed E-state index contributed by atoms with van der Waals surface area (Å²) in [6.07, 6.45) is 2.39. The molecular formula is C18H25N3. The Balaban J connectivity index is 1.83. The van der Waals surface area contributed by atoms with Gasteiger partial charge in [0.05, 0.1) is 6.07 Å². The zero-order chi connectivity index (χ0) is 14.9. The van der Waals surface area contributed by atoms with Crippen LogP contribution in [-0.2, 0) is 5.54 Å². The van der Waals surface area contributed by atoms with Gasteiger partial charge in [-0.15, -0.1) is 0 Å². The van der Waals surface area contributed by atoms with Crippen molar-refractivity contribution in [3.05, 3.63) is 35.9 Å². The fraction of sp³-hybridized carbons (Fsp3) is 0.611. The van der Waals surface area contributed by atoms with Crippen LogP contribution in [0.1, 0.15) is 32.3 Å². The van der Waals surface area contributed by atoms with E-state index in [-0.39, 0.29) is 0 Å². The molecule has 1 aromatic carbocycles. The van der Waals surface area contributed by atoms with E-state index in [1.54, 1.807) is 0 Å². The lowest BCUT2D eigenvalue weighted by Gasteiger charge is -2.33. The second-order valence-corrected chi connectivity index (χ2v) is 6.95. The first kappa shape index (κ1) is 14.6. The highest BCUT2D eigenvalue weighted by Gasteiger charge is 2.41. The minimum Gasteiger partial charge on any atom is -0.300 e. The van der Waals surface area contributed by atoms with E-state index in [2.05, 4.69) is 42.3 Å². The molecule has 112 valence electrons. The van der Waals surface area contributed by atoms with Gasteiger partial charge in [0.25, 0.3) is 0 Å². The number of nitrogens with one attached hydrogen (secondary N) is 1. The van der Waals surface area contributed by atoms with Gasteiger partial charge in [0, 0.05) is 25.7 Å². The molecule has 1 saturated carbocycles. The molecule has 3 nitrogen and oxygen atoms in total. The van der Waals surface area contributed by atoms with E-state index >= 15 is 0 Å². The standard InChI is InChI=1S/C18H25N3/c1-14-10-21(11-15(14)2)13-18(12-19,20-17-8-9-17)16-6-4-3-5-7-16/h3-7,14-15,17,20H,8-11,13H2,1-2H3. The van der Waals surface area contributed by atoms with Gasteiger partial charge in [-0.05, 0) is 30.2 Å². The first-order valence-electron chi connectivity index (χ1n) is 8.10. The monoisotopic (exact) mass is 283 g/mol. The van der Waals surface area contributed by atoms with Crippen molar-refractivity contribution >= 4 is 0 Å². The van der Waals surface area contributed by atoms with Gasteiger partial charge in [0.2, 0.25) is 0 Å². The molecule has 3 heteroatoms. The van der Waals surface area contributed by atoms with Crippen molar-refractivity contribution < 1.29 is 0 Å². The van der Waals surface area contributed by atoms with Crippen molar-refractivity contribution in [2.45, 2.75) is 38.3 Å². The van der Waals surface area contributed by atoms with Gasteiger partial charge in [-0.3, -0.25) is 10.2 Å². The Bertz CT molecular complexity index is 507. The molecule has 3 atom stereocenters. The lowest BCUT2D eigenvalue weighted by atomic mass is 9.90. The Morgan fingerprint density at radius 2 is 1.81 bits per heavy atom. The molecule has 1 aliphatic carbocycles. The topological polar surface area (TPSA) is 39.1 Å². The predicted molar refractivity (Wildman–Crippen MR) is 84.7 cm³/mol. The van der Waals surface area contributed by atoms with Crippen LogP contribution in [0.2, 0.25) is 0 Å². The highest BCUT2D eigenvalue weighted by atomic mass is 15.2. The first-order valence-corrected chi connectivity index (χ1v) is 8.10. The van der Waals surface area contributed by atoms with E-state index in [0.717, 1.165) is 37.0 Å². The van der Waals surface area contributed by atoms with Crippen LogP contribution in [0, 0.1) is 23.2 Å². The third-order valence-electron chi connectivity index (χ3n) is 5.01. The Hall–Kier alpha value is -1.37. The van der Waals surface area contributed by atoms with E-state index < -0.39 is 5.54 Å². The molecule has 1 heterocycles. The third kappa shape index (κ3) is 3.12. The molecule has 3 rings (SSSR count). The summed E-state index contributed by atoms with van der Waals surface area (Å²) in [4.78, 5) is 2.46. The molecule has 0 spiro atoms. The molecule has 1 aliphatic heterocycles. The van der Waals surface area contributed by atoms with Crippen molar-refractivity contribution in [3.8, 4) is 6.07 Å². The number of rotatable bonds is 5. The summed E-state index contributed by atoms with van der Waals surface area (Å²) in [5.74, 6) is 1.44. The molecule has 0 bridgehead atoms. The number of nitrogens with zero attached hydrogens (tertiary/aromatic N) is 2. The predicted octanol–water partition coefficient (Wildman–Crippen LogP) is 2.75. The largest absolute Gasteiger partial charge is 0.300 e. The molecule has 2 fully saturated rings. The van der Waals surface area contributed by atoms with Gasteiger partial charge in [-0.1, -0.05) is 44.2 Å². The molecule has 1 aromatic rings. The summed E-state index contributed by atoms with van der Waals surface area (Å²) < 4.78 is 0. The highest BCUT2D eigenvalue weighted by Crippen LogP contribution is 2.31. The molecule has 0 radical (unpaired) electrons. The Morgan fingerprint density at radius 3 is 2.33 bits per heavy atom. The maximum absolute atomic E-state index is 9.96. The van der Waals surface area contributed by atoms with E-state index in [9.17, 15) is 5.26 Å². The van der Waals surface area contributed by atoms with Crippen molar-refractivity contribution in [2.24, 2.45) is 11.8 Å². The van der Waals surface area contributed by atoms with Gasteiger partial charge < -0.3 is 0 Å². The molecular weight excluding hydrogens is 258 g/mol. The van der Waals surface area contributed by atoms with Crippen molar-refractivity contribution in [1.29, 1.82) is 5.26 Å². The molecule has 0 amide bonds. The Labute approximate surface area is 128 Å². The minimum atomic E-state index is -0.563. The number of nitriles is 1. The lowest BCUT2D eigenvalue weighted by Crippen LogP contribution is -2.50. The number of benzene rings is 1. The van der Waals surface area contributed by atoms with Crippen LogP contribution in [0.5, 0.6) is 0 Å². The minimum absolute atomic E-state index is 0.516. The smallest absolute Gasteiger partial charge is 0.145 e. The van der Waals surface area contributed by atoms with Gasteiger partial charge in [-0.25, -0.2) is 0 Å². The molecule has 2 aliphatic rings. The van der Waals surface area contributed by atoms with Crippen LogP contribution in [0.3, 0.4) is 0 Å². The first-order chi connectivity index (χ1) is 10.1. The van der Waals surface area contributed by atoms with Crippen LogP contribution in [-0.4, -0.2) is 30.6 Å². The van der Waals surface area contributed by atoms with Crippen molar-refractivity contribution in [1.82, 2.24) is 10.2 Å². The zero-order valence-electron chi connectivity index (χ0n) is 13.0. The van der Waals surface area contributed by atoms with Crippen LogP contribution in [0.4, 0.5) is 0 Å². The second-order valence-electron chi connectivity index (χ2n) is 6.95. The fourth-order valence-corrected chi connectivity index (χ4v) is 3.36.